The van der Waals surface area contributed by atoms with Crippen molar-refractivity contribution in [2.75, 3.05) is 19.7 Å². The number of hydrogen-bond acceptors (Lipinski definition) is 3. The number of ether oxygens (including phenoxy) is 1. The summed E-state index contributed by atoms with van der Waals surface area (Å²) in [5, 5.41) is 9.30. The van der Waals surface area contributed by atoms with Crippen molar-refractivity contribution in [3.8, 4) is 0 Å². The van der Waals surface area contributed by atoms with Crippen LogP contribution in [0.15, 0.2) is 43.0 Å². The van der Waals surface area contributed by atoms with Crippen molar-refractivity contribution >= 4 is 6.09 Å². The number of aliphatic hydroxyl groups excluding tert-OH is 1. The summed E-state index contributed by atoms with van der Waals surface area (Å²) in [4.78, 5) is 13.7. The second-order valence-corrected chi connectivity index (χ2v) is 5.23. The zero-order valence-corrected chi connectivity index (χ0v) is 11.6. The fourth-order valence-corrected chi connectivity index (χ4v) is 2.51. The van der Waals surface area contributed by atoms with Gasteiger partial charge >= 0.3 is 6.09 Å². The van der Waals surface area contributed by atoms with Crippen LogP contribution in [-0.4, -0.2) is 35.8 Å². The van der Waals surface area contributed by atoms with Gasteiger partial charge in [0.15, 0.2) is 0 Å². The van der Waals surface area contributed by atoms with E-state index in [0.717, 1.165) is 12.0 Å². The van der Waals surface area contributed by atoms with E-state index in [0.29, 0.717) is 13.1 Å². The lowest BCUT2D eigenvalue weighted by molar-refractivity contribution is 0.0586. The molecule has 1 fully saturated rings. The fraction of sp³-hybridized carbons (Fsp3) is 0.438. The highest BCUT2D eigenvalue weighted by Crippen LogP contribution is 2.23. The van der Waals surface area contributed by atoms with Gasteiger partial charge in [-0.2, -0.15) is 0 Å². The number of rotatable bonds is 4. The van der Waals surface area contributed by atoms with Crippen LogP contribution in [0.2, 0.25) is 0 Å². The predicted molar refractivity (Wildman–Crippen MR) is 77.1 cm³/mol. The topological polar surface area (TPSA) is 49.8 Å². The molecule has 108 valence electrons. The minimum atomic E-state index is -0.321. The van der Waals surface area contributed by atoms with Crippen LogP contribution in [0.1, 0.15) is 12.0 Å². The number of carbonyl (C=O) groups is 1. The second-order valence-electron chi connectivity index (χ2n) is 5.23. The molecule has 0 radical (unpaired) electrons. The van der Waals surface area contributed by atoms with Crippen LogP contribution in [-0.2, 0) is 11.3 Å². The fourth-order valence-electron chi connectivity index (χ4n) is 2.51. The average Bonchev–Trinajstić information content (AvgIpc) is 2.52. The van der Waals surface area contributed by atoms with E-state index >= 15 is 0 Å². The molecule has 2 rings (SSSR count). The molecule has 1 amide bonds. The lowest BCUT2D eigenvalue weighted by atomic mass is 9.90. The minimum absolute atomic E-state index is 0.0901. The molecule has 1 saturated heterocycles. The maximum atomic E-state index is 12.1. The zero-order chi connectivity index (χ0) is 14.4. The summed E-state index contributed by atoms with van der Waals surface area (Å²) < 4.78 is 5.32. The molecule has 0 aromatic heterocycles. The molecule has 1 aliphatic heterocycles. The van der Waals surface area contributed by atoms with Gasteiger partial charge in [-0.05, 0) is 17.9 Å². The van der Waals surface area contributed by atoms with E-state index < -0.39 is 0 Å². The lowest BCUT2D eigenvalue weighted by Crippen LogP contribution is -2.44. The number of carbonyl (C=O) groups excluding carboxylic acids is 1. The quantitative estimate of drug-likeness (QED) is 0.859. The largest absolute Gasteiger partial charge is 0.445 e. The second kappa shape index (κ2) is 7.10. The standard InChI is InChI=1S/C16H21NO3/c1-2-13-8-15(11-18)10-17(9-13)16(19)20-12-14-6-4-3-5-7-14/h2-7,13,15,18H,1,8-12H2/t13-,15+/m1/s1. The van der Waals surface area contributed by atoms with Crippen molar-refractivity contribution in [3.05, 3.63) is 48.6 Å². The van der Waals surface area contributed by atoms with Crippen molar-refractivity contribution in [1.29, 1.82) is 0 Å². The van der Waals surface area contributed by atoms with Gasteiger partial charge in [0, 0.05) is 25.6 Å². The van der Waals surface area contributed by atoms with Crippen LogP contribution in [0.4, 0.5) is 4.79 Å². The molecule has 0 spiro atoms. The van der Waals surface area contributed by atoms with E-state index in [-0.39, 0.29) is 31.1 Å². The lowest BCUT2D eigenvalue weighted by Gasteiger charge is -2.35. The van der Waals surface area contributed by atoms with Crippen LogP contribution in [0.3, 0.4) is 0 Å². The van der Waals surface area contributed by atoms with Crippen LogP contribution in [0, 0.1) is 11.8 Å². The molecule has 1 N–H and O–H groups in total. The molecule has 2 atom stereocenters. The Morgan fingerprint density at radius 2 is 2.15 bits per heavy atom. The van der Waals surface area contributed by atoms with Crippen molar-refractivity contribution in [2.45, 2.75) is 13.0 Å². The first-order valence-electron chi connectivity index (χ1n) is 6.92. The number of hydrogen-bond donors (Lipinski definition) is 1. The molecule has 1 aromatic rings. The number of benzene rings is 1. The molecule has 1 aromatic carbocycles. The van der Waals surface area contributed by atoms with Gasteiger partial charge in [-0.15, -0.1) is 6.58 Å². The van der Waals surface area contributed by atoms with E-state index in [1.807, 2.05) is 36.4 Å². The van der Waals surface area contributed by atoms with Crippen molar-refractivity contribution < 1.29 is 14.6 Å². The molecule has 4 heteroatoms. The first kappa shape index (κ1) is 14.6. The van der Waals surface area contributed by atoms with Crippen LogP contribution >= 0.6 is 0 Å². The van der Waals surface area contributed by atoms with Gasteiger partial charge in [0.25, 0.3) is 0 Å². The van der Waals surface area contributed by atoms with Gasteiger partial charge in [-0.1, -0.05) is 36.4 Å². The van der Waals surface area contributed by atoms with E-state index in [1.165, 1.54) is 0 Å². The Morgan fingerprint density at radius 3 is 2.80 bits per heavy atom. The number of nitrogens with zero attached hydrogens (tertiary/aromatic N) is 1. The summed E-state index contributed by atoms with van der Waals surface area (Å²) in [6, 6.07) is 9.61. The Labute approximate surface area is 119 Å². The summed E-state index contributed by atoms with van der Waals surface area (Å²) in [7, 11) is 0. The maximum Gasteiger partial charge on any atom is 0.410 e. The summed E-state index contributed by atoms with van der Waals surface area (Å²) in [6.45, 7) is 5.32. The minimum Gasteiger partial charge on any atom is -0.445 e. The Kier molecular flexibility index (Phi) is 5.18. The van der Waals surface area contributed by atoms with Gasteiger partial charge < -0.3 is 14.7 Å². The van der Waals surface area contributed by atoms with Gasteiger partial charge in [0.2, 0.25) is 0 Å². The third-order valence-corrected chi connectivity index (χ3v) is 3.62. The van der Waals surface area contributed by atoms with Gasteiger partial charge in [-0.25, -0.2) is 4.79 Å². The highest BCUT2D eigenvalue weighted by atomic mass is 16.6. The smallest absolute Gasteiger partial charge is 0.410 e. The maximum absolute atomic E-state index is 12.1. The summed E-state index contributed by atoms with van der Waals surface area (Å²) in [6.07, 6.45) is 2.40. The van der Waals surface area contributed by atoms with Crippen LogP contribution < -0.4 is 0 Å². The molecule has 0 unspecified atom stereocenters. The summed E-state index contributed by atoms with van der Waals surface area (Å²) in [5.74, 6) is 0.334. The first-order valence-corrected chi connectivity index (χ1v) is 6.92. The van der Waals surface area contributed by atoms with Crippen LogP contribution in [0.25, 0.3) is 0 Å². The third kappa shape index (κ3) is 3.84. The molecule has 0 bridgehead atoms. The van der Waals surface area contributed by atoms with Gasteiger partial charge in [-0.3, -0.25) is 0 Å². The van der Waals surface area contributed by atoms with Crippen LogP contribution in [0.5, 0.6) is 0 Å². The average molecular weight is 275 g/mol. The monoisotopic (exact) mass is 275 g/mol. The number of aliphatic hydroxyl groups is 1. The Bertz CT molecular complexity index is 446. The van der Waals surface area contributed by atoms with Gasteiger partial charge in [0.05, 0.1) is 0 Å². The molecule has 4 nitrogen and oxygen atoms in total. The molecule has 0 saturated carbocycles. The first-order chi connectivity index (χ1) is 9.72. The van der Waals surface area contributed by atoms with Crippen molar-refractivity contribution in [3.63, 3.8) is 0 Å². The Morgan fingerprint density at radius 1 is 1.40 bits per heavy atom. The van der Waals surface area contributed by atoms with Crippen molar-refractivity contribution in [1.82, 2.24) is 4.90 Å². The Hall–Kier alpha value is -1.81. The van der Waals surface area contributed by atoms with Gasteiger partial charge in [0.1, 0.15) is 6.61 Å². The molecule has 1 heterocycles. The molecule has 0 aliphatic carbocycles. The van der Waals surface area contributed by atoms with E-state index in [4.69, 9.17) is 4.74 Å². The zero-order valence-electron chi connectivity index (χ0n) is 11.6. The summed E-state index contributed by atoms with van der Waals surface area (Å²) >= 11 is 0. The van der Waals surface area contributed by atoms with E-state index in [2.05, 4.69) is 6.58 Å². The SMILES string of the molecule is C=C[C@@H]1C[C@H](CO)CN(C(=O)OCc2ccccc2)C1. The highest BCUT2D eigenvalue weighted by molar-refractivity contribution is 5.67. The normalized spacial score (nSPS) is 22.4. The van der Waals surface area contributed by atoms with E-state index in [9.17, 15) is 9.90 Å². The Balaban J connectivity index is 1.89. The molecular formula is C16H21NO3. The number of amides is 1. The number of likely N-dealkylation sites (tertiary alicyclic amines) is 1. The molecular weight excluding hydrogens is 254 g/mol. The third-order valence-electron chi connectivity index (χ3n) is 3.62. The molecule has 1 aliphatic rings. The van der Waals surface area contributed by atoms with E-state index in [1.54, 1.807) is 4.90 Å². The summed E-state index contributed by atoms with van der Waals surface area (Å²) in [5.41, 5.74) is 0.969. The highest BCUT2D eigenvalue weighted by Gasteiger charge is 2.29. The molecule has 20 heavy (non-hydrogen) atoms. The predicted octanol–water partition coefficient (Wildman–Crippen LogP) is 2.44. The number of piperidine rings is 1. The van der Waals surface area contributed by atoms with Crippen molar-refractivity contribution in [2.24, 2.45) is 11.8 Å².